The molecule has 1 aromatic carbocycles. The van der Waals surface area contributed by atoms with Crippen LogP contribution in [0.1, 0.15) is 37.7 Å². The lowest BCUT2D eigenvalue weighted by Crippen LogP contribution is -2.34. The molecule has 2 heteroatoms. The van der Waals surface area contributed by atoms with E-state index in [2.05, 4.69) is 24.3 Å². The molecular formula is C15H18O2. The van der Waals surface area contributed by atoms with Gasteiger partial charge >= 0.3 is 0 Å². The Morgan fingerprint density at radius 1 is 1.18 bits per heavy atom. The molecule has 17 heavy (non-hydrogen) atoms. The third-order valence-electron chi connectivity index (χ3n) is 4.95. The van der Waals surface area contributed by atoms with Crippen LogP contribution in [0.4, 0.5) is 0 Å². The summed E-state index contributed by atoms with van der Waals surface area (Å²) in [7, 11) is 1.71. The van der Waals surface area contributed by atoms with Crippen LogP contribution in [0.3, 0.4) is 0 Å². The van der Waals surface area contributed by atoms with Crippen molar-refractivity contribution in [1.29, 1.82) is 0 Å². The highest BCUT2D eigenvalue weighted by Crippen LogP contribution is 2.68. The standard InChI is InChI=1S/C15H18O2/c1-16-13-5-3-11(4-6-13)14-7-2-8-15(17-14)10-12(15)9-14/h3-6,12H,2,7-10H2,1H3/t12-,14+,15+/m0/s1. The van der Waals surface area contributed by atoms with Crippen LogP contribution in [0.2, 0.25) is 0 Å². The summed E-state index contributed by atoms with van der Waals surface area (Å²) in [6.45, 7) is 0. The third kappa shape index (κ3) is 1.25. The summed E-state index contributed by atoms with van der Waals surface area (Å²) in [5.74, 6) is 1.77. The second-order valence-electron chi connectivity index (χ2n) is 5.85. The monoisotopic (exact) mass is 230 g/mol. The van der Waals surface area contributed by atoms with Crippen LogP contribution >= 0.6 is 0 Å². The molecule has 1 aromatic rings. The van der Waals surface area contributed by atoms with E-state index >= 15 is 0 Å². The number of benzene rings is 1. The second kappa shape index (κ2) is 3.05. The number of hydrogen-bond acceptors (Lipinski definition) is 2. The molecule has 0 unspecified atom stereocenters. The molecule has 1 saturated carbocycles. The zero-order valence-electron chi connectivity index (χ0n) is 10.2. The average Bonchev–Trinajstić information content (AvgIpc) is 2.94. The van der Waals surface area contributed by atoms with Gasteiger partial charge in [0.25, 0.3) is 0 Å². The first-order chi connectivity index (χ1) is 8.26. The summed E-state index contributed by atoms with van der Waals surface area (Å²) < 4.78 is 11.7. The van der Waals surface area contributed by atoms with Crippen LogP contribution in [0.5, 0.6) is 5.75 Å². The van der Waals surface area contributed by atoms with E-state index in [1.54, 1.807) is 7.11 Å². The van der Waals surface area contributed by atoms with Gasteiger partial charge in [0.05, 0.1) is 18.3 Å². The molecule has 0 aromatic heterocycles. The van der Waals surface area contributed by atoms with Crippen molar-refractivity contribution in [3.05, 3.63) is 29.8 Å². The van der Waals surface area contributed by atoms with E-state index in [1.165, 1.54) is 37.7 Å². The molecular weight excluding hydrogens is 212 g/mol. The van der Waals surface area contributed by atoms with Crippen LogP contribution in [-0.4, -0.2) is 12.7 Å². The van der Waals surface area contributed by atoms with E-state index in [-0.39, 0.29) is 11.2 Å². The van der Waals surface area contributed by atoms with Gasteiger partial charge in [-0.1, -0.05) is 12.1 Å². The van der Waals surface area contributed by atoms with Gasteiger partial charge in [-0.15, -0.1) is 0 Å². The fourth-order valence-corrected chi connectivity index (χ4v) is 3.97. The van der Waals surface area contributed by atoms with Gasteiger partial charge in [0.15, 0.2) is 0 Å². The van der Waals surface area contributed by atoms with Gasteiger partial charge in [0, 0.05) is 0 Å². The Hall–Kier alpha value is -1.02. The molecule has 0 N–H and O–H groups in total. The minimum atomic E-state index is 0.0352. The molecule has 2 nitrogen and oxygen atoms in total. The highest BCUT2D eigenvalue weighted by Gasteiger charge is 2.68. The maximum Gasteiger partial charge on any atom is 0.118 e. The highest BCUT2D eigenvalue weighted by molar-refractivity contribution is 5.34. The summed E-state index contributed by atoms with van der Waals surface area (Å²) in [6, 6.07) is 8.47. The Kier molecular flexibility index (Phi) is 1.79. The molecule has 2 bridgehead atoms. The lowest BCUT2D eigenvalue weighted by molar-refractivity contribution is -0.117. The fourth-order valence-electron chi connectivity index (χ4n) is 3.97. The molecule has 2 heterocycles. The van der Waals surface area contributed by atoms with Crippen LogP contribution in [0, 0.1) is 5.92 Å². The van der Waals surface area contributed by atoms with Gasteiger partial charge in [-0.2, -0.15) is 0 Å². The zero-order chi connectivity index (χ0) is 11.5. The average molecular weight is 230 g/mol. The Morgan fingerprint density at radius 3 is 2.76 bits per heavy atom. The summed E-state index contributed by atoms with van der Waals surface area (Å²) in [4.78, 5) is 0. The van der Waals surface area contributed by atoms with Crippen LogP contribution in [0.25, 0.3) is 0 Å². The number of rotatable bonds is 2. The van der Waals surface area contributed by atoms with E-state index in [0.717, 1.165) is 11.7 Å². The van der Waals surface area contributed by atoms with Crippen molar-refractivity contribution in [3.63, 3.8) is 0 Å². The summed E-state index contributed by atoms with van der Waals surface area (Å²) in [5.41, 5.74) is 1.68. The predicted molar refractivity (Wildman–Crippen MR) is 65.1 cm³/mol. The second-order valence-corrected chi connectivity index (χ2v) is 5.85. The smallest absolute Gasteiger partial charge is 0.118 e. The SMILES string of the molecule is COc1ccc([C@@]23CCC[C@]4(C[C@@H]4C2)O3)cc1. The quantitative estimate of drug-likeness (QED) is 0.776. The summed E-state index contributed by atoms with van der Waals surface area (Å²) in [6.07, 6.45) is 6.35. The molecule has 3 atom stereocenters. The largest absolute Gasteiger partial charge is 0.497 e. The Bertz CT molecular complexity index is 452. The molecule has 0 amide bonds. The summed E-state index contributed by atoms with van der Waals surface area (Å²) >= 11 is 0. The lowest BCUT2D eigenvalue weighted by Gasteiger charge is -2.37. The molecule has 2 aliphatic heterocycles. The number of ether oxygens (including phenoxy) is 2. The Balaban J connectivity index is 1.69. The Labute approximate surface area is 102 Å². The van der Waals surface area contributed by atoms with E-state index in [0.29, 0.717) is 0 Å². The molecule has 90 valence electrons. The minimum absolute atomic E-state index is 0.0352. The third-order valence-corrected chi connectivity index (χ3v) is 4.95. The van der Waals surface area contributed by atoms with Gasteiger partial charge < -0.3 is 9.47 Å². The molecule has 3 fully saturated rings. The molecule has 0 radical (unpaired) electrons. The van der Waals surface area contributed by atoms with Crippen LogP contribution in [0.15, 0.2) is 24.3 Å². The van der Waals surface area contributed by atoms with Crippen molar-refractivity contribution >= 4 is 0 Å². The molecule has 4 rings (SSSR count). The molecule has 1 aliphatic carbocycles. The van der Waals surface area contributed by atoms with Crippen molar-refractivity contribution in [3.8, 4) is 5.75 Å². The van der Waals surface area contributed by atoms with Crippen molar-refractivity contribution in [1.82, 2.24) is 0 Å². The van der Waals surface area contributed by atoms with Gasteiger partial charge in [0.1, 0.15) is 5.75 Å². The topological polar surface area (TPSA) is 18.5 Å². The molecule has 1 spiro atoms. The first-order valence-corrected chi connectivity index (χ1v) is 6.61. The maximum atomic E-state index is 6.47. The lowest BCUT2D eigenvalue weighted by atomic mass is 9.84. The first kappa shape index (κ1) is 9.95. The zero-order valence-corrected chi connectivity index (χ0v) is 10.2. The highest BCUT2D eigenvalue weighted by atomic mass is 16.5. The van der Waals surface area contributed by atoms with Gasteiger partial charge in [-0.3, -0.25) is 0 Å². The van der Waals surface area contributed by atoms with E-state index in [4.69, 9.17) is 9.47 Å². The van der Waals surface area contributed by atoms with E-state index in [9.17, 15) is 0 Å². The van der Waals surface area contributed by atoms with Crippen molar-refractivity contribution in [2.45, 2.75) is 43.3 Å². The maximum absolute atomic E-state index is 6.47. The normalized spacial score (nSPS) is 42.1. The van der Waals surface area contributed by atoms with Crippen molar-refractivity contribution in [2.24, 2.45) is 5.92 Å². The van der Waals surface area contributed by atoms with Gasteiger partial charge in [-0.25, -0.2) is 0 Å². The van der Waals surface area contributed by atoms with Crippen LogP contribution in [-0.2, 0) is 10.3 Å². The van der Waals surface area contributed by atoms with Crippen molar-refractivity contribution in [2.75, 3.05) is 7.11 Å². The minimum Gasteiger partial charge on any atom is -0.497 e. The van der Waals surface area contributed by atoms with E-state index in [1.807, 2.05) is 0 Å². The number of methoxy groups -OCH3 is 1. The first-order valence-electron chi connectivity index (χ1n) is 6.61. The number of fused-ring (bicyclic) bond motifs is 1. The van der Waals surface area contributed by atoms with Gasteiger partial charge in [-0.05, 0) is 55.7 Å². The molecule has 3 aliphatic rings. The summed E-state index contributed by atoms with van der Waals surface area (Å²) in [5, 5.41) is 0. The van der Waals surface area contributed by atoms with Gasteiger partial charge in [0.2, 0.25) is 0 Å². The number of hydrogen-bond donors (Lipinski definition) is 0. The van der Waals surface area contributed by atoms with E-state index < -0.39 is 0 Å². The molecule has 2 saturated heterocycles. The fraction of sp³-hybridized carbons (Fsp3) is 0.600. The van der Waals surface area contributed by atoms with Crippen molar-refractivity contribution < 1.29 is 9.47 Å². The predicted octanol–water partition coefficient (Wildman–Crippen LogP) is 3.25. The van der Waals surface area contributed by atoms with Crippen LogP contribution < -0.4 is 4.74 Å². The Morgan fingerprint density at radius 2 is 2.00 bits per heavy atom.